The number of rotatable bonds is 2. The maximum Gasteiger partial charge on any atom is 0.0624 e. The van der Waals surface area contributed by atoms with Crippen molar-refractivity contribution in [3.8, 4) is 0 Å². The van der Waals surface area contributed by atoms with Crippen molar-refractivity contribution in [3.05, 3.63) is 32.7 Å². The molecule has 0 heterocycles. The first kappa shape index (κ1) is 10.2. The molecule has 0 fully saturated rings. The van der Waals surface area contributed by atoms with Crippen molar-refractivity contribution < 1.29 is 5.11 Å². The van der Waals surface area contributed by atoms with Gasteiger partial charge in [-0.15, -0.1) is 0 Å². The van der Waals surface area contributed by atoms with E-state index in [4.69, 9.17) is 10.8 Å². The van der Waals surface area contributed by atoms with E-state index in [0.717, 1.165) is 14.5 Å². The van der Waals surface area contributed by atoms with Crippen LogP contribution in [0.1, 0.15) is 11.6 Å². The van der Waals surface area contributed by atoms with Crippen LogP contribution in [-0.2, 0) is 0 Å². The van der Waals surface area contributed by atoms with Crippen LogP contribution in [0, 0.1) is 0 Å². The Kier molecular flexibility index (Phi) is 3.71. The summed E-state index contributed by atoms with van der Waals surface area (Å²) in [5, 5.41) is 8.81. The lowest BCUT2D eigenvalue weighted by molar-refractivity contribution is 0.268. The molecule has 0 aliphatic rings. The molecule has 1 aromatic rings. The third kappa shape index (κ3) is 2.55. The minimum Gasteiger partial charge on any atom is -0.394 e. The molecule has 2 nitrogen and oxygen atoms in total. The van der Waals surface area contributed by atoms with Crippen LogP contribution in [0.2, 0.25) is 0 Å². The molecule has 0 saturated carbocycles. The number of aliphatic hydroxyl groups excluding tert-OH is 1. The summed E-state index contributed by atoms with van der Waals surface area (Å²) >= 11 is 6.69. The first-order valence-corrected chi connectivity index (χ1v) is 5.04. The Bertz CT molecular complexity index is 258. The SMILES string of the molecule is N[C@H](CO)c1cc(Br)cc(Br)c1. The largest absolute Gasteiger partial charge is 0.394 e. The van der Waals surface area contributed by atoms with Crippen LogP contribution in [-0.4, -0.2) is 11.7 Å². The average Bonchev–Trinajstić information content (AvgIpc) is 2.01. The lowest BCUT2D eigenvalue weighted by atomic mass is 10.1. The van der Waals surface area contributed by atoms with Crippen molar-refractivity contribution in [2.24, 2.45) is 5.73 Å². The van der Waals surface area contributed by atoms with E-state index >= 15 is 0 Å². The predicted molar refractivity (Wildman–Crippen MR) is 55.9 cm³/mol. The molecule has 0 saturated heterocycles. The maximum absolute atomic E-state index is 8.81. The average molecular weight is 295 g/mol. The van der Waals surface area contributed by atoms with Crippen LogP contribution < -0.4 is 5.73 Å². The quantitative estimate of drug-likeness (QED) is 0.878. The van der Waals surface area contributed by atoms with E-state index in [9.17, 15) is 0 Å². The van der Waals surface area contributed by atoms with Gasteiger partial charge in [0.15, 0.2) is 0 Å². The zero-order valence-corrected chi connectivity index (χ0v) is 9.47. The second-order valence-corrected chi connectivity index (χ2v) is 4.32. The van der Waals surface area contributed by atoms with Gasteiger partial charge in [-0.25, -0.2) is 0 Å². The van der Waals surface area contributed by atoms with Gasteiger partial charge in [0.05, 0.1) is 12.6 Å². The van der Waals surface area contributed by atoms with E-state index in [1.54, 1.807) is 0 Å². The molecule has 1 atom stereocenters. The van der Waals surface area contributed by atoms with Crippen LogP contribution in [0.5, 0.6) is 0 Å². The molecule has 0 aliphatic heterocycles. The Morgan fingerprint density at radius 1 is 1.25 bits per heavy atom. The van der Waals surface area contributed by atoms with E-state index < -0.39 is 0 Å². The van der Waals surface area contributed by atoms with Crippen LogP contribution in [0.15, 0.2) is 27.1 Å². The van der Waals surface area contributed by atoms with Crippen molar-refractivity contribution in [1.82, 2.24) is 0 Å². The van der Waals surface area contributed by atoms with Gasteiger partial charge in [-0.05, 0) is 23.8 Å². The summed E-state index contributed by atoms with van der Waals surface area (Å²) in [6.45, 7) is -0.0388. The van der Waals surface area contributed by atoms with Crippen molar-refractivity contribution >= 4 is 31.9 Å². The number of halogens is 2. The monoisotopic (exact) mass is 293 g/mol. The Labute approximate surface area is 88.0 Å². The van der Waals surface area contributed by atoms with Crippen LogP contribution in [0.3, 0.4) is 0 Å². The normalized spacial score (nSPS) is 13.0. The zero-order chi connectivity index (χ0) is 9.14. The van der Waals surface area contributed by atoms with Crippen LogP contribution >= 0.6 is 31.9 Å². The number of nitrogens with two attached hydrogens (primary N) is 1. The molecule has 12 heavy (non-hydrogen) atoms. The fourth-order valence-electron chi connectivity index (χ4n) is 0.895. The Morgan fingerprint density at radius 3 is 2.17 bits per heavy atom. The highest BCUT2D eigenvalue weighted by molar-refractivity contribution is 9.11. The highest BCUT2D eigenvalue weighted by Crippen LogP contribution is 2.22. The molecular weight excluding hydrogens is 286 g/mol. The summed E-state index contributed by atoms with van der Waals surface area (Å²) in [6.07, 6.45) is 0. The number of aliphatic hydroxyl groups is 1. The molecule has 0 unspecified atom stereocenters. The van der Waals surface area contributed by atoms with Gasteiger partial charge in [-0.2, -0.15) is 0 Å². The predicted octanol–water partition coefficient (Wildman–Crippen LogP) is 2.20. The van der Waals surface area contributed by atoms with E-state index in [2.05, 4.69) is 31.9 Å². The van der Waals surface area contributed by atoms with Gasteiger partial charge in [0.2, 0.25) is 0 Å². The first-order valence-electron chi connectivity index (χ1n) is 3.46. The van der Waals surface area contributed by atoms with Gasteiger partial charge in [0, 0.05) is 8.95 Å². The highest BCUT2D eigenvalue weighted by Gasteiger charge is 2.05. The number of hydrogen-bond donors (Lipinski definition) is 2. The molecule has 1 rings (SSSR count). The molecule has 0 radical (unpaired) electrons. The van der Waals surface area contributed by atoms with Gasteiger partial charge in [-0.1, -0.05) is 31.9 Å². The number of hydrogen-bond acceptors (Lipinski definition) is 2. The van der Waals surface area contributed by atoms with E-state index in [0.29, 0.717) is 0 Å². The molecule has 0 aromatic heterocycles. The summed E-state index contributed by atoms with van der Waals surface area (Å²) in [5.74, 6) is 0. The maximum atomic E-state index is 8.81. The minimum atomic E-state index is -0.307. The van der Waals surface area contributed by atoms with Crippen LogP contribution in [0.25, 0.3) is 0 Å². The molecule has 4 heteroatoms. The van der Waals surface area contributed by atoms with E-state index in [1.165, 1.54) is 0 Å². The fourth-order valence-corrected chi connectivity index (χ4v) is 2.22. The second-order valence-electron chi connectivity index (χ2n) is 2.49. The van der Waals surface area contributed by atoms with Gasteiger partial charge in [0.25, 0.3) is 0 Å². The summed E-state index contributed by atoms with van der Waals surface area (Å²) in [4.78, 5) is 0. The lowest BCUT2D eigenvalue weighted by Gasteiger charge is -2.09. The standard InChI is InChI=1S/C8H9Br2NO/c9-6-1-5(8(11)4-12)2-7(10)3-6/h1-3,8,12H,4,11H2/t8-/m1/s1. The van der Waals surface area contributed by atoms with Crippen LogP contribution in [0.4, 0.5) is 0 Å². The number of benzene rings is 1. The van der Waals surface area contributed by atoms with Gasteiger partial charge in [0.1, 0.15) is 0 Å². The van der Waals surface area contributed by atoms with Gasteiger partial charge < -0.3 is 10.8 Å². The summed E-state index contributed by atoms with van der Waals surface area (Å²) in [6, 6.07) is 5.41. The second kappa shape index (κ2) is 4.37. The fraction of sp³-hybridized carbons (Fsp3) is 0.250. The van der Waals surface area contributed by atoms with Crippen molar-refractivity contribution in [2.45, 2.75) is 6.04 Å². The van der Waals surface area contributed by atoms with Crippen molar-refractivity contribution in [2.75, 3.05) is 6.61 Å². The Hall–Kier alpha value is 0.1000. The smallest absolute Gasteiger partial charge is 0.0624 e. The van der Waals surface area contributed by atoms with Gasteiger partial charge >= 0.3 is 0 Å². The lowest BCUT2D eigenvalue weighted by Crippen LogP contribution is -2.14. The highest BCUT2D eigenvalue weighted by atomic mass is 79.9. The minimum absolute atomic E-state index is 0.0388. The van der Waals surface area contributed by atoms with E-state index in [-0.39, 0.29) is 12.6 Å². The zero-order valence-electron chi connectivity index (χ0n) is 6.30. The topological polar surface area (TPSA) is 46.2 Å². The summed E-state index contributed by atoms with van der Waals surface area (Å²) in [5.41, 5.74) is 6.56. The summed E-state index contributed by atoms with van der Waals surface area (Å²) < 4.78 is 1.91. The molecular formula is C8H9Br2NO. The Balaban J connectivity index is 3.00. The third-order valence-corrected chi connectivity index (χ3v) is 2.43. The molecule has 0 spiro atoms. The van der Waals surface area contributed by atoms with E-state index in [1.807, 2.05) is 18.2 Å². The molecule has 1 aromatic carbocycles. The molecule has 0 aliphatic carbocycles. The molecule has 3 N–H and O–H groups in total. The summed E-state index contributed by atoms with van der Waals surface area (Å²) in [7, 11) is 0. The van der Waals surface area contributed by atoms with Crippen molar-refractivity contribution in [3.63, 3.8) is 0 Å². The van der Waals surface area contributed by atoms with Gasteiger partial charge in [-0.3, -0.25) is 0 Å². The molecule has 0 amide bonds. The Morgan fingerprint density at radius 2 is 1.75 bits per heavy atom. The molecule has 66 valence electrons. The third-order valence-electron chi connectivity index (χ3n) is 1.51. The molecule has 0 bridgehead atoms. The van der Waals surface area contributed by atoms with Crippen molar-refractivity contribution in [1.29, 1.82) is 0 Å². The first-order chi connectivity index (χ1) is 5.63.